The molecule has 4 nitrogen and oxygen atoms in total. The third kappa shape index (κ3) is 4.72. The van der Waals surface area contributed by atoms with Crippen molar-refractivity contribution in [3.63, 3.8) is 0 Å². The van der Waals surface area contributed by atoms with E-state index >= 15 is 0 Å². The van der Waals surface area contributed by atoms with Crippen molar-refractivity contribution in [1.29, 1.82) is 0 Å². The summed E-state index contributed by atoms with van der Waals surface area (Å²) in [5, 5.41) is 9.28. The van der Waals surface area contributed by atoms with Crippen LogP contribution >= 0.6 is 0 Å². The van der Waals surface area contributed by atoms with Gasteiger partial charge in [0.05, 0.1) is 7.11 Å². The van der Waals surface area contributed by atoms with Crippen LogP contribution in [0.2, 0.25) is 0 Å². The van der Waals surface area contributed by atoms with Gasteiger partial charge in [-0.05, 0) is 48.0 Å². The number of benzene rings is 3. The number of hydrogen-bond acceptors (Lipinski definition) is 4. The number of hydrogen-bond donors (Lipinski definition) is 1. The van der Waals surface area contributed by atoms with Crippen LogP contribution in [0.3, 0.4) is 0 Å². The molecule has 0 bridgehead atoms. The van der Waals surface area contributed by atoms with E-state index in [1.807, 2.05) is 0 Å². The highest BCUT2D eigenvalue weighted by Gasteiger charge is 2.27. The second-order valence-corrected chi connectivity index (χ2v) is 6.50. The quantitative estimate of drug-likeness (QED) is 0.168. The van der Waals surface area contributed by atoms with E-state index in [-0.39, 0.29) is 22.8 Å². The Balaban J connectivity index is 1.83. The van der Waals surface area contributed by atoms with Crippen LogP contribution in [-0.4, -0.2) is 18.0 Å². The van der Waals surface area contributed by atoms with E-state index in [9.17, 15) is 31.9 Å². The van der Waals surface area contributed by atoms with Crippen LogP contribution in [0.25, 0.3) is 6.08 Å². The van der Waals surface area contributed by atoms with Crippen molar-refractivity contribution in [2.75, 3.05) is 7.11 Å². The average Bonchev–Trinajstić information content (AvgIpc) is 2.80. The fraction of sp³-hybridized carbons (Fsp3) is 0.0870. The molecule has 0 aliphatic heterocycles. The van der Waals surface area contributed by atoms with Gasteiger partial charge in [-0.2, -0.15) is 8.78 Å². The highest BCUT2D eigenvalue weighted by Crippen LogP contribution is 2.31. The fourth-order valence-electron chi connectivity index (χ4n) is 2.77. The van der Waals surface area contributed by atoms with Crippen molar-refractivity contribution >= 4 is 11.9 Å². The van der Waals surface area contributed by atoms with E-state index in [2.05, 4.69) is 0 Å². The van der Waals surface area contributed by atoms with Crippen molar-refractivity contribution in [3.05, 3.63) is 94.3 Å². The minimum Gasteiger partial charge on any atom is -0.508 e. The molecule has 9 heteroatoms. The molecule has 0 aliphatic carbocycles. The van der Waals surface area contributed by atoms with Gasteiger partial charge in [0, 0.05) is 11.1 Å². The predicted molar refractivity (Wildman–Crippen MR) is 105 cm³/mol. The highest BCUT2D eigenvalue weighted by molar-refractivity contribution is 6.06. The number of phenols is 1. The van der Waals surface area contributed by atoms with Crippen molar-refractivity contribution in [3.8, 4) is 17.2 Å². The van der Waals surface area contributed by atoms with Crippen LogP contribution in [0, 0.1) is 29.1 Å². The molecule has 0 fully saturated rings. The summed E-state index contributed by atoms with van der Waals surface area (Å²) in [6.07, 6.45) is 2.72. The van der Waals surface area contributed by atoms with Crippen molar-refractivity contribution in [2.45, 2.75) is 6.61 Å². The summed E-state index contributed by atoms with van der Waals surface area (Å²) >= 11 is 0. The number of halogens is 5. The largest absolute Gasteiger partial charge is 0.508 e. The number of carbonyl (C=O) groups excluding carboxylic acids is 1. The van der Waals surface area contributed by atoms with E-state index in [0.717, 1.165) is 0 Å². The molecule has 1 N–H and O–H groups in total. The molecule has 3 rings (SSSR count). The number of methoxy groups -OCH3 is 1. The van der Waals surface area contributed by atoms with Crippen LogP contribution in [0.5, 0.6) is 17.2 Å². The van der Waals surface area contributed by atoms with Gasteiger partial charge in [0.2, 0.25) is 29.1 Å². The van der Waals surface area contributed by atoms with E-state index in [0.29, 0.717) is 11.1 Å². The van der Waals surface area contributed by atoms with Gasteiger partial charge < -0.3 is 14.6 Å². The fourth-order valence-corrected chi connectivity index (χ4v) is 2.77. The van der Waals surface area contributed by atoms with Crippen LogP contribution in [0.4, 0.5) is 22.0 Å². The third-order valence-electron chi connectivity index (χ3n) is 4.42. The molecule has 3 aromatic rings. The molecule has 32 heavy (non-hydrogen) atoms. The molecule has 0 saturated carbocycles. The minimum absolute atomic E-state index is 0.0131. The van der Waals surface area contributed by atoms with Gasteiger partial charge >= 0.3 is 0 Å². The van der Waals surface area contributed by atoms with Gasteiger partial charge in [0.25, 0.3) is 0 Å². The molecule has 0 heterocycles. The van der Waals surface area contributed by atoms with E-state index < -0.39 is 41.4 Å². The van der Waals surface area contributed by atoms with Crippen LogP contribution in [0.1, 0.15) is 21.5 Å². The maximum Gasteiger partial charge on any atom is 0.207 e. The maximum atomic E-state index is 13.8. The number of ketones is 1. The lowest BCUT2D eigenvalue weighted by Gasteiger charge is -2.13. The Kier molecular flexibility index (Phi) is 6.77. The molecule has 0 atom stereocenters. The maximum absolute atomic E-state index is 13.8. The molecular formula is C23H15F5O4. The summed E-state index contributed by atoms with van der Waals surface area (Å²) in [6.45, 7) is -0.574. The Hall–Kier alpha value is -3.88. The lowest BCUT2D eigenvalue weighted by atomic mass is 10.1. The smallest absolute Gasteiger partial charge is 0.207 e. The number of carbonyl (C=O) groups is 1. The summed E-state index contributed by atoms with van der Waals surface area (Å²) < 4.78 is 77.5. The first kappa shape index (κ1) is 22.8. The standard InChI is InChI=1S/C23H15F5O4/c1-31-17-9-3-12(2-8-16(30)13-4-6-15(29)7-5-13)10-14(17)11-32-23-21(27)19(25)18(24)20(26)22(23)28/h2-10,29H,11H2,1H3/b8-2+. The molecule has 0 amide bonds. The molecule has 3 aromatic carbocycles. The Morgan fingerprint density at radius 3 is 2.09 bits per heavy atom. The van der Waals surface area contributed by atoms with E-state index in [4.69, 9.17) is 9.47 Å². The van der Waals surface area contributed by atoms with Crippen molar-refractivity contribution in [2.24, 2.45) is 0 Å². The second kappa shape index (κ2) is 9.51. The lowest BCUT2D eigenvalue weighted by Crippen LogP contribution is -2.07. The molecule has 0 unspecified atom stereocenters. The molecule has 0 saturated heterocycles. The van der Waals surface area contributed by atoms with Gasteiger partial charge in [0.15, 0.2) is 11.5 Å². The Morgan fingerprint density at radius 2 is 1.50 bits per heavy atom. The Morgan fingerprint density at radius 1 is 0.906 bits per heavy atom. The molecule has 0 spiro atoms. The molecule has 0 aromatic heterocycles. The summed E-state index contributed by atoms with van der Waals surface area (Å²) in [6, 6.07) is 10.2. The van der Waals surface area contributed by atoms with Gasteiger partial charge in [-0.25, -0.2) is 13.2 Å². The number of allylic oxidation sites excluding steroid dienone is 1. The normalized spacial score (nSPS) is 11.1. The van der Waals surface area contributed by atoms with Crippen LogP contribution < -0.4 is 9.47 Å². The zero-order chi connectivity index (χ0) is 23.4. The minimum atomic E-state index is -2.28. The molecule has 0 aliphatic rings. The highest BCUT2D eigenvalue weighted by atomic mass is 19.2. The van der Waals surface area contributed by atoms with Gasteiger partial charge in [0.1, 0.15) is 18.1 Å². The first-order chi connectivity index (χ1) is 15.2. The Labute approximate surface area is 179 Å². The van der Waals surface area contributed by atoms with Crippen molar-refractivity contribution < 1.29 is 41.3 Å². The number of phenolic OH excluding ortho intramolecular Hbond substituents is 1. The predicted octanol–water partition coefficient (Wildman–Crippen LogP) is 5.57. The lowest BCUT2D eigenvalue weighted by molar-refractivity contribution is 0.104. The Bertz CT molecular complexity index is 1160. The summed E-state index contributed by atoms with van der Waals surface area (Å²) in [7, 11) is 1.32. The van der Waals surface area contributed by atoms with Crippen LogP contribution in [-0.2, 0) is 6.61 Å². The van der Waals surface area contributed by atoms with Crippen LogP contribution in [0.15, 0.2) is 48.5 Å². The summed E-state index contributed by atoms with van der Waals surface area (Å²) in [5.74, 6) is -12.2. The SMILES string of the molecule is COc1ccc(/C=C/C(=O)c2ccc(O)cc2)cc1COc1c(F)c(F)c(F)c(F)c1F. The number of rotatable bonds is 7. The molecule has 0 radical (unpaired) electrons. The molecular weight excluding hydrogens is 435 g/mol. The van der Waals surface area contributed by atoms with E-state index in [1.54, 1.807) is 6.07 Å². The zero-order valence-electron chi connectivity index (χ0n) is 16.5. The van der Waals surface area contributed by atoms with Gasteiger partial charge in [-0.3, -0.25) is 4.79 Å². The first-order valence-corrected chi connectivity index (χ1v) is 9.05. The van der Waals surface area contributed by atoms with Gasteiger partial charge in [-0.1, -0.05) is 12.1 Å². The average molecular weight is 450 g/mol. The number of ether oxygens (including phenoxy) is 2. The third-order valence-corrected chi connectivity index (χ3v) is 4.42. The summed E-state index contributed by atoms with van der Waals surface area (Å²) in [4.78, 5) is 12.2. The van der Waals surface area contributed by atoms with Gasteiger partial charge in [-0.15, -0.1) is 0 Å². The first-order valence-electron chi connectivity index (χ1n) is 9.05. The molecule has 166 valence electrons. The van der Waals surface area contributed by atoms with E-state index in [1.165, 1.54) is 55.7 Å². The topological polar surface area (TPSA) is 55.8 Å². The number of aromatic hydroxyl groups is 1. The van der Waals surface area contributed by atoms with Crippen molar-refractivity contribution in [1.82, 2.24) is 0 Å². The zero-order valence-corrected chi connectivity index (χ0v) is 16.5. The second-order valence-electron chi connectivity index (χ2n) is 6.50. The monoisotopic (exact) mass is 450 g/mol. The summed E-state index contributed by atoms with van der Waals surface area (Å²) in [5.41, 5.74) is 1.05.